The fourth-order valence-corrected chi connectivity index (χ4v) is 3.68. The summed E-state index contributed by atoms with van der Waals surface area (Å²) in [4.78, 5) is 34.9. The van der Waals surface area contributed by atoms with Crippen LogP contribution < -0.4 is 11.1 Å². The van der Waals surface area contributed by atoms with E-state index in [0.29, 0.717) is 17.2 Å². The summed E-state index contributed by atoms with van der Waals surface area (Å²) >= 11 is 0.954. The molecule has 0 unspecified atom stereocenters. The number of carbonyl (C=O) groups is 2. The van der Waals surface area contributed by atoms with E-state index in [1.807, 2.05) is 20.8 Å². The number of nitro benzene ring substituents is 1. The summed E-state index contributed by atoms with van der Waals surface area (Å²) in [5.41, 5.74) is 5.85. The molecule has 0 saturated carbocycles. The van der Waals surface area contributed by atoms with E-state index in [2.05, 4.69) is 10.4 Å². The molecule has 0 aliphatic carbocycles. The van der Waals surface area contributed by atoms with Crippen LogP contribution in [0.5, 0.6) is 0 Å². The third kappa shape index (κ3) is 5.75. The van der Waals surface area contributed by atoms with Gasteiger partial charge in [0, 0.05) is 23.1 Å². The van der Waals surface area contributed by atoms with Gasteiger partial charge < -0.3 is 11.1 Å². The average Bonchev–Trinajstić information content (AvgIpc) is 3.16. The molecule has 0 bridgehead atoms. The molecule has 1 aromatic heterocycles. The molecule has 0 aliphatic rings. The summed E-state index contributed by atoms with van der Waals surface area (Å²) in [6.07, 6.45) is 0. The Morgan fingerprint density at radius 3 is 2.42 bits per heavy atom. The number of hydrogen-bond acceptors (Lipinski definition) is 6. The molecule has 0 atom stereocenters. The van der Waals surface area contributed by atoms with Crippen molar-refractivity contribution >= 4 is 35.1 Å². The van der Waals surface area contributed by atoms with Gasteiger partial charge in [0.1, 0.15) is 11.6 Å². The van der Waals surface area contributed by atoms with Crippen molar-refractivity contribution in [1.29, 1.82) is 0 Å². The largest absolute Gasteiger partial charge is 0.366 e. The lowest BCUT2D eigenvalue weighted by Gasteiger charge is -2.14. The van der Waals surface area contributed by atoms with Crippen LogP contribution in [0.15, 0.2) is 53.4 Å². The number of benzene rings is 2. The zero-order valence-electron chi connectivity index (χ0n) is 18.2. The lowest BCUT2D eigenvalue weighted by molar-refractivity contribution is -0.387. The zero-order valence-corrected chi connectivity index (χ0v) is 19.0. The number of halogens is 1. The SMILES string of the molecule is CC(C)(C)c1cc(NC(=O)CSc2ccc(C(N)=O)cc2[N+](=O)[O-])n(-c2ccc(F)cc2)n1. The molecule has 11 heteroatoms. The predicted octanol–water partition coefficient (Wildman–Crippen LogP) is 4.05. The Labute approximate surface area is 193 Å². The van der Waals surface area contributed by atoms with E-state index in [-0.39, 0.29) is 27.3 Å². The van der Waals surface area contributed by atoms with E-state index >= 15 is 0 Å². The Bertz CT molecular complexity index is 1220. The van der Waals surface area contributed by atoms with Crippen LogP contribution in [0.4, 0.5) is 15.9 Å². The minimum Gasteiger partial charge on any atom is -0.366 e. The van der Waals surface area contributed by atoms with E-state index in [0.717, 1.165) is 17.8 Å². The van der Waals surface area contributed by atoms with Crippen molar-refractivity contribution in [1.82, 2.24) is 9.78 Å². The fraction of sp³-hybridized carbons (Fsp3) is 0.227. The number of carbonyl (C=O) groups excluding carboxylic acids is 2. The van der Waals surface area contributed by atoms with E-state index in [1.54, 1.807) is 18.2 Å². The highest BCUT2D eigenvalue weighted by molar-refractivity contribution is 8.00. The molecule has 9 nitrogen and oxygen atoms in total. The Balaban J connectivity index is 1.82. The van der Waals surface area contributed by atoms with Gasteiger partial charge in [0.25, 0.3) is 5.69 Å². The number of amides is 2. The number of rotatable bonds is 7. The van der Waals surface area contributed by atoms with Gasteiger partial charge in [-0.3, -0.25) is 19.7 Å². The van der Waals surface area contributed by atoms with Crippen LogP contribution in [0.1, 0.15) is 36.8 Å². The smallest absolute Gasteiger partial charge is 0.283 e. The first-order valence-electron chi connectivity index (χ1n) is 9.83. The fourth-order valence-electron chi connectivity index (χ4n) is 2.87. The summed E-state index contributed by atoms with van der Waals surface area (Å²) in [5.74, 6) is -1.34. The van der Waals surface area contributed by atoms with E-state index < -0.39 is 22.6 Å². The first kappa shape index (κ1) is 23.9. The summed E-state index contributed by atoms with van der Waals surface area (Å²) < 4.78 is 14.9. The van der Waals surface area contributed by atoms with Crippen molar-refractivity contribution < 1.29 is 18.9 Å². The van der Waals surface area contributed by atoms with Crippen LogP contribution in [0.3, 0.4) is 0 Å². The summed E-state index contributed by atoms with van der Waals surface area (Å²) in [5, 5.41) is 18.7. The number of primary amides is 1. The maximum Gasteiger partial charge on any atom is 0.283 e. The van der Waals surface area contributed by atoms with Crippen LogP contribution >= 0.6 is 11.8 Å². The number of nitrogens with zero attached hydrogens (tertiary/aromatic N) is 3. The van der Waals surface area contributed by atoms with Gasteiger partial charge in [0.15, 0.2) is 0 Å². The van der Waals surface area contributed by atoms with Gasteiger partial charge in [-0.25, -0.2) is 9.07 Å². The van der Waals surface area contributed by atoms with Crippen molar-refractivity contribution in [2.24, 2.45) is 5.73 Å². The first-order valence-corrected chi connectivity index (χ1v) is 10.8. The monoisotopic (exact) mass is 471 g/mol. The molecule has 33 heavy (non-hydrogen) atoms. The van der Waals surface area contributed by atoms with Crippen LogP contribution in [0, 0.1) is 15.9 Å². The predicted molar refractivity (Wildman–Crippen MR) is 123 cm³/mol. The highest BCUT2D eigenvalue weighted by atomic mass is 32.2. The van der Waals surface area contributed by atoms with Crippen LogP contribution in [-0.2, 0) is 10.2 Å². The number of thioether (sulfide) groups is 1. The minimum absolute atomic E-state index is 0.00779. The van der Waals surface area contributed by atoms with Gasteiger partial charge >= 0.3 is 0 Å². The summed E-state index contributed by atoms with van der Waals surface area (Å²) in [6.45, 7) is 5.92. The normalized spacial score (nSPS) is 11.3. The second kappa shape index (κ2) is 9.41. The molecule has 1 heterocycles. The molecular weight excluding hydrogens is 449 g/mol. The number of nitrogens with two attached hydrogens (primary N) is 1. The molecule has 0 aliphatic heterocycles. The Kier molecular flexibility index (Phi) is 6.82. The molecule has 3 aromatic rings. The lowest BCUT2D eigenvalue weighted by Crippen LogP contribution is -2.17. The number of aromatic nitrogens is 2. The van der Waals surface area contributed by atoms with Crippen molar-refractivity contribution in [2.75, 3.05) is 11.1 Å². The van der Waals surface area contributed by atoms with Crippen LogP contribution in [0.25, 0.3) is 5.69 Å². The number of nitrogens with one attached hydrogen (secondary N) is 1. The van der Waals surface area contributed by atoms with Gasteiger partial charge in [0.2, 0.25) is 11.8 Å². The molecule has 2 amide bonds. The lowest BCUT2D eigenvalue weighted by atomic mass is 9.92. The molecule has 0 radical (unpaired) electrons. The van der Waals surface area contributed by atoms with Crippen molar-refractivity contribution in [3.8, 4) is 5.69 Å². The highest BCUT2D eigenvalue weighted by Crippen LogP contribution is 2.31. The highest BCUT2D eigenvalue weighted by Gasteiger charge is 2.22. The zero-order chi connectivity index (χ0) is 24.3. The molecule has 3 rings (SSSR count). The molecule has 3 N–H and O–H groups in total. The van der Waals surface area contributed by atoms with Crippen molar-refractivity contribution in [3.63, 3.8) is 0 Å². The van der Waals surface area contributed by atoms with Gasteiger partial charge in [0.05, 0.1) is 27.0 Å². The Hall–Kier alpha value is -3.73. The Morgan fingerprint density at radius 2 is 1.85 bits per heavy atom. The number of anilines is 1. The van der Waals surface area contributed by atoms with Gasteiger partial charge in [-0.15, -0.1) is 11.8 Å². The second-order valence-electron chi connectivity index (χ2n) is 8.19. The third-order valence-electron chi connectivity index (χ3n) is 4.62. The third-order valence-corrected chi connectivity index (χ3v) is 5.68. The molecule has 172 valence electrons. The van der Waals surface area contributed by atoms with E-state index in [4.69, 9.17) is 5.73 Å². The maximum atomic E-state index is 13.4. The van der Waals surface area contributed by atoms with Crippen molar-refractivity contribution in [2.45, 2.75) is 31.1 Å². The molecular formula is C22H22FN5O4S. The molecule has 0 spiro atoms. The number of nitro groups is 1. The molecule has 0 saturated heterocycles. The second-order valence-corrected chi connectivity index (χ2v) is 9.21. The van der Waals surface area contributed by atoms with Gasteiger partial charge in [-0.2, -0.15) is 5.10 Å². The van der Waals surface area contributed by atoms with E-state index in [9.17, 15) is 24.1 Å². The summed E-state index contributed by atoms with van der Waals surface area (Å²) in [6, 6.07) is 11.3. The standard InChI is InChI=1S/C22H22FN5O4S/c1-22(2,3)18-11-19(27(26-18)15-7-5-14(23)6-8-15)25-20(29)12-33-17-9-4-13(21(24)30)10-16(17)28(31)32/h4-11H,12H2,1-3H3,(H2,24,30)(H,25,29). The summed E-state index contributed by atoms with van der Waals surface area (Å²) in [7, 11) is 0. The van der Waals surface area contributed by atoms with Crippen LogP contribution in [-0.4, -0.2) is 32.3 Å². The number of hydrogen-bond donors (Lipinski definition) is 2. The van der Waals surface area contributed by atoms with Crippen molar-refractivity contribution in [3.05, 3.63) is 75.7 Å². The minimum atomic E-state index is -0.781. The first-order chi connectivity index (χ1) is 15.5. The van der Waals surface area contributed by atoms with Gasteiger partial charge in [-0.1, -0.05) is 20.8 Å². The molecule has 0 fully saturated rings. The Morgan fingerprint density at radius 1 is 1.18 bits per heavy atom. The average molecular weight is 472 g/mol. The molecule has 2 aromatic carbocycles. The quantitative estimate of drug-likeness (QED) is 0.303. The topological polar surface area (TPSA) is 133 Å². The van der Waals surface area contributed by atoms with Gasteiger partial charge in [-0.05, 0) is 36.4 Å². The van der Waals surface area contributed by atoms with Crippen LogP contribution in [0.2, 0.25) is 0 Å². The van der Waals surface area contributed by atoms with E-state index in [1.165, 1.54) is 28.9 Å². The maximum absolute atomic E-state index is 13.4.